The van der Waals surface area contributed by atoms with E-state index in [1.807, 2.05) is 0 Å². The Hall–Kier alpha value is -0.900. The number of nitrogens with zero attached hydrogens (tertiary/aromatic N) is 1. The lowest BCUT2D eigenvalue weighted by Crippen LogP contribution is -1.97. The summed E-state index contributed by atoms with van der Waals surface area (Å²) >= 11 is 5.61. The molecule has 13 heavy (non-hydrogen) atoms. The van der Waals surface area contributed by atoms with E-state index in [0.717, 1.165) is 0 Å². The van der Waals surface area contributed by atoms with Crippen molar-refractivity contribution < 1.29 is 13.5 Å². The Bertz CT molecular complexity index is 294. The third-order valence-electron chi connectivity index (χ3n) is 1.60. The van der Waals surface area contributed by atoms with Crippen LogP contribution in [0.15, 0.2) is 6.07 Å². The summed E-state index contributed by atoms with van der Waals surface area (Å²) < 4.78 is 29.5. The van der Waals surface area contributed by atoms with E-state index in [1.165, 1.54) is 20.1 Å². The molecule has 0 atom stereocenters. The Labute approximate surface area is 79.5 Å². The lowest BCUT2D eigenvalue weighted by Gasteiger charge is -2.08. The standard InChI is InChI=1S/C8H8ClF2NO/c1-4-7(8(10)11)5(9)3-6(12-4)13-2/h3,8H,1-2H3. The molecule has 0 spiro atoms. The van der Waals surface area contributed by atoms with Crippen molar-refractivity contribution in [2.45, 2.75) is 13.3 Å². The van der Waals surface area contributed by atoms with Gasteiger partial charge in [0.25, 0.3) is 6.43 Å². The molecule has 0 aliphatic carbocycles. The molecular formula is C8H8ClF2NO. The molecule has 0 saturated carbocycles. The Kier molecular flexibility index (Phi) is 3.03. The number of alkyl halides is 2. The van der Waals surface area contributed by atoms with Gasteiger partial charge in [0, 0.05) is 6.07 Å². The SMILES string of the molecule is COc1cc(Cl)c(C(F)F)c(C)n1. The first-order valence-corrected chi connectivity index (χ1v) is 3.93. The molecule has 72 valence electrons. The van der Waals surface area contributed by atoms with E-state index in [2.05, 4.69) is 4.98 Å². The maximum atomic E-state index is 12.4. The van der Waals surface area contributed by atoms with Gasteiger partial charge in [-0.2, -0.15) is 0 Å². The summed E-state index contributed by atoms with van der Waals surface area (Å²) in [5.41, 5.74) is -0.0400. The summed E-state index contributed by atoms with van der Waals surface area (Å²) in [5, 5.41) is -0.0145. The van der Waals surface area contributed by atoms with Crippen LogP contribution in [0.2, 0.25) is 5.02 Å². The van der Waals surface area contributed by atoms with E-state index >= 15 is 0 Å². The predicted octanol–water partition coefficient (Wildman–Crippen LogP) is 2.99. The molecule has 1 heterocycles. The van der Waals surface area contributed by atoms with Gasteiger partial charge in [-0.3, -0.25) is 0 Å². The molecule has 1 aromatic heterocycles. The molecule has 0 N–H and O–H groups in total. The van der Waals surface area contributed by atoms with Crippen LogP contribution in [-0.2, 0) is 0 Å². The molecule has 5 heteroatoms. The second-order valence-corrected chi connectivity index (χ2v) is 2.85. The molecule has 0 radical (unpaired) electrons. The fraction of sp³-hybridized carbons (Fsp3) is 0.375. The van der Waals surface area contributed by atoms with E-state index in [0.29, 0.717) is 0 Å². The largest absolute Gasteiger partial charge is 0.481 e. The van der Waals surface area contributed by atoms with Crippen molar-refractivity contribution >= 4 is 11.6 Å². The van der Waals surface area contributed by atoms with Gasteiger partial charge < -0.3 is 4.74 Å². The summed E-state index contributed by atoms with van der Waals surface area (Å²) in [6.45, 7) is 1.47. The van der Waals surface area contributed by atoms with Gasteiger partial charge in [0.05, 0.1) is 23.4 Å². The quantitative estimate of drug-likeness (QED) is 0.744. The van der Waals surface area contributed by atoms with Crippen molar-refractivity contribution in [3.05, 3.63) is 22.3 Å². The van der Waals surface area contributed by atoms with Crippen LogP contribution in [0.25, 0.3) is 0 Å². The average molecular weight is 208 g/mol. The van der Waals surface area contributed by atoms with Gasteiger partial charge >= 0.3 is 0 Å². The van der Waals surface area contributed by atoms with Crippen LogP contribution in [-0.4, -0.2) is 12.1 Å². The predicted molar refractivity (Wildman–Crippen MR) is 45.5 cm³/mol. The zero-order valence-corrected chi connectivity index (χ0v) is 7.90. The molecule has 0 fully saturated rings. The fourth-order valence-electron chi connectivity index (χ4n) is 0.983. The molecule has 0 saturated heterocycles. The normalized spacial score (nSPS) is 10.6. The minimum absolute atomic E-state index is 0.0145. The molecule has 1 rings (SSSR count). The number of hydrogen-bond donors (Lipinski definition) is 0. The van der Waals surface area contributed by atoms with Crippen LogP contribution in [0.1, 0.15) is 17.7 Å². The highest BCUT2D eigenvalue weighted by Gasteiger charge is 2.17. The molecular weight excluding hydrogens is 200 g/mol. The second kappa shape index (κ2) is 3.87. The number of ether oxygens (including phenoxy) is 1. The van der Waals surface area contributed by atoms with Crippen LogP contribution in [0.5, 0.6) is 5.88 Å². The summed E-state index contributed by atoms with van der Waals surface area (Å²) in [5.74, 6) is 0.243. The summed E-state index contributed by atoms with van der Waals surface area (Å²) in [4.78, 5) is 3.79. The first-order chi connectivity index (χ1) is 6.06. The van der Waals surface area contributed by atoms with Gasteiger partial charge in [0.1, 0.15) is 0 Å². The number of aromatic nitrogens is 1. The number of halogens is 3. The summed E-state index contributed by atoms with van der Waals surface area (Å²) in [7, 11) is 1.40. The van der Waals surface area contributed by atoms with E-state index in [4.69, 9.17) is 16.3 Å². The van der Waals surface area contributed by atoms with Gasteiger partial charge in [0.15, 0.2) is 0 Å². The van der Waals surface area contributed by atoms with E-state index < -0.39 is 6.43 Å². The van der Waals surface area contributed by atoms with Crippen molar-refractivity contribution in [1.29, 1.82) is 0 Å². The Morgan fingerprint density at radius 1 is 1.54 bits per heavy atom. The Morgan fingerprint density at radius 3 is 2.54 bits per heavy atom. The second-order valence-electron chi connectivity index (χ2n) is 2.45. The lowest BCUT2D eigenvalue weighted by molar-refractivity contribution is 0.150. The maximum Gasteiger partial charge on any atom is 0.267 e. The molecule has 0 bridgehead atoms. The molecule has 1 aromatic rings. The number of pyridine rings is 1. The van der Waals surface area contributed by atoms with E-state index in [-0.39, 0.29) is 22.2 Å². The molecule has 0 aliphatic rings. The van der Waals surface area contributed by atoms with Gasteiger partial charge in [-0.1, -0.05) is 11.6 Å². The van der Waals surface area contributed by atoms with Crippen LogP contribution < -0.4 is 4.74 Å². The van der Waals surface area contributed by atoms with Crippen molar-refractivity contribution in [2.75, 3.05) is 7.11 Å². The molecule has 2 nitrogen and oxygen atoms in total. The molecule has 0 aliphatic heterocycles. The molecule has 0 unspecified atom stereocenters. The van der Waals surface area contributed by atoms with Gasteiger partial charge in [-0.25, -0.2) is 13.8 Å². The summed E-state index contributed by atoms with van der Waals surface area (Å²) in [6, 6.07) is 1.27. The highest BCUT2D eigenvalue weighted by atomic mass is 35.5. The first-order valence-electron chi connectivity index (χ1n) is 3.55. The van der Waals surface area contributed by atoms with Crippen molar-refractivity contribution in [3.8, 4) is 5.88 Å². The number of methoxy groups -OCH3 is 1. The number of hydrogen-bond acceptors (Lipinski definition) is 2. The van der Waals surface area contributed by atoms with Crippen LogP contribution >= 0.6 is 11.6 Å². The third-order valence-corrected chi connectivity index (χ3v) is 1.92. The van der Waals surface area contributed by atoms with Gasteiger partial charge in [0.2, 0.25) is 5.88 Å². The third kappa shape index (κ3) is 2.06. The summed E-state index contributed by atoms with van der Waals surface area (Å²) in [6.07, 6.45) is -2.61. The lowest BCUT2D eigenvalue weighted by atomic mass is 10.2. The van der Waals surface area contributed by atoms with Gasteiger partial charge in [-0.05, 0) is 6.92 Å². The van der Waals surface area contributed by atoms with Crippen molar-refractivity contribution in [2.24, 2.45) is 0 Å². The minimum atomic E-state index is -2.61. The highest BCUT2D eigenvalue weighted by Crippen LogP contribution is 2.31. The van der Waals surface area contributed by atoms with Crippen LogP contribution in [0.3, 0.4) is 0 Å². The van der Waals surface area contributed by atoms with Gasteiger partial charge in [-0.15, -0.1) is 0 Å². The first kappa shape index (κ1) is 10.2. The number of rotatable bonds is 2. The zero-order valence-electron chi connectivity index (χ0n) is 7.14. The number of aryl methyl sites for hydroxylation is 1. The van der Waals surface area contributed by atoms with Crippen LogP contribution in [0, 0.1) is 6.92 Å². The fourth-order valence-corrected chi connectivity index (χ4v) is 1.30. The maximum absolute atomic E-state index is 12.4. The van der Waals surface area contributed by atoms with Crippen LogP contribution in [0.4, 0.5) is 8.78 Å². The molecule has 0 aromatic carbocycles. The van der Waals surface area contributed by atoms with E-state index in [9.17, 15) is 8.78 Å². The average Bonchev–Trinajstić information content (AvgIpc) is 2.02. The zero-order chi connectivity index (χ0) is 10.0. The Morgan fingerprint density at radius 2 is 2.15 bits per heavy atom. The van der Waals surface area contributed by atoms with Crippen molar-refractivity contribution in [3.63, 3.8) is 0 Å². The minimum Gasteiger partial charge on any atom is -0.481 e. The van der Waals surface area contributed by atoms with E-state index in [1.54, 1.807) is 0 Å². The monoisotopic (exact) mass is 207 g/mol. The Balaban J connectivity index is 3.23. The van der Waals surface area contributed by atoms with Crippen molar-refractivity contribution in [1.82, 2.24) is 4.98 Å². The smallest absolute Gasteiger partial charge is 0.267 e. The highest BCUT2D eigenvalue weighted by molar-refractivity contribution is 6.31. The topological polar surface area (TPSA) is 22.1 Å². The molecule has 0 amide bonds.